The summed E-state index contributed by atoms with van der Waals surface area (Å²) in [5.74, 6) is -0.224. The van der Waals surface area contributed by atoms with Gasteiger partial charge in [0.1, 0.15) is 0 Å². The number of carbonyl (C=O) groups excluding carboxylic acids is 1. The predicted octanol–water partition coefficient (Wildman–Crippen LogP) is 1.71. The number of rotatable bonds is 6. The molecule has 3 N–H and O–H groups in total. The highest BCUT2D eigenvalue weighted by Gasteiger charge is 2.11. The van der Waals surface area contributed by atoms with Gasteiger partial charge in [-0.2, -0.15) is 0 Å². The highest BCUT2D eigenvalue weighted by Crippen LogP contribution is 2.14. The first-order valence-electron chi connectivity index (χ1n) is 7.41. The molecule has 24 heavy (non-hydrogen) atoms. The van der Waals surface area contributed by atoms with Crippen LogP contribution in [-0.4, -0.2) is 32.8 Å². The second kappa shape index (κ2) is 7.57. The van der Waals surface area contributed by atoms with E-state index >= 15 is 0 Å². The van der Waals surface area contributed by atoms with Crippen LogP contribution in [0.3, 0.4) is 0 Å². The molecule has 128 valence electrons. The van der Waals surface area contributed by atoms with Crippen molar-refractivity contribution in [3.8, 4) is 0 Å². The van der Waals surface area contributed by atoms with Crippen molar-refractivity contribution in [3.63, 3.8) is 0 Å². The number of primary sulfonamides is 1. The van der Waals surface area contributed by atoms with Gasteiger partial charge in [0, 0.05) is 12.2 Å². The minimum Gasteiger partial charge on any atom is -0.325 e. The van der Waals surface area contributed by atoms with E-state index in [-0.39, 0.29) is 17.3 Å². The summed E-state index contributed by atoms with van der Waals surface area (Å²) in [4.78, 5) is 14.0. The van der Waals surface area contributed by atoms with Crippen molar-refractivity contribution >= 4 is 21.6 Å². The molecule has 0 radical (unpaired) electrons. The maximum absolute atomic E-state index is 12.1. The number of anilines is 1. The lowest BCUT2D eigenvalue weighted by Crippen LogP contribution is -2.30. The first kappa shape index (κ1) is 18.1. The third-order valence-electron chi connectivity index (χ3n) is 3.56. The topological polar surface area (TPSA) is 92.5 Å². The maximum atomic E-state index is 12.1. The normalized spacial score (nSPS) is 11.5. The molecule has 2 aromatic rings. The van der Waals surface area contributed by atoms with Gasteiger partial charge in [0.15, 0.2) is 0 Å². The van der Waals surface area contributed by atoms with Gasteiger partial charge in [-0.1, -0.05) is 30.3 Å². The summed E-state index contributed by atoms with van der Waals surface area (Å²) in [5.41, 5.74) is 2.73. The standard InChI is InChI=1S/C17H21N3O3S/c1-13-6-3-4-7-14(13)11-20(2)12-17(21)19-15-8-5-9-16(10-15)24(18,22)23/h3-10H,11-12H2,1-2H3,(H,19,21)(H2,18,22,23). The van der Waals surface area contributed by atoms with Crippen molar-refractivity contribution in [3.05, 3.63) is 59.7 Å². The highest BCUT2D eigenvalue weighted by molar-refractivity contribution is 7.89. The number of amides is 1. The summed E-state index contributed by atoms with van der Waals surface area (Å²) in [6, 6.07) is 13.9. The molecule has 0 aliphatic rings. The number of hydrogen-bond acceptors (Lipinski definition) is 4. The molecule has 0 spiro atoms. The molecule has 2 aromatic carbocycles. The van der Waals surface area contributed by atoms with Crippen LogP contribution in [0.1, 0.15) is 11.1 Å². The predicted molar refractivity (Wildman–Crippen MR) is 94.0 cm³/mol. The SMILES string of the molecule is Cc1ccccc1CN(C)CC(=O)Nc1cccc(S(N)(=O)=O)c1. The third-order valence-corrected chi connectivity index (χ3v) is 4.47. The van der Waals surface area contributed by atoms with Crippen molar-refractivity contribution in [1.29, 1.82) is 0 Å². The molecule has 0 aliphatic heterocycles. The van der Waals surface area contributed by atoms with Gasteiger partial charge in [0.25, 0.3) is 0 Å². The van der Waals surface area contributed by atoms with Crippen molar-refractivity contribution in [1.82, 2.24) is 4.90 Å². The van der Waals surface area contributed by atoms with Gasteiger partial charge >= 0.3 is 0 Å². The molecule has 0 saturated heterocycles. The molecule has 0 atom stereocenters. The van der Waals surface area contributed by atoms with Gasteiger partial charge in [-0.05, 0) is 43.3 Å². The quantitative estimate of drug-likeness (QED) is 0.832. The molecule has 0 aliphatic carbocycles. The Kier molecular flexibility index (Phi) is 5.71. The fourth-order valence-corrected chi connectivity index (χ4v) is 2.89. The van der Waals surface area contributed by atoms with Crippen LogP contribution in [0, 0.1) is 6.92 Å². The van der Waals surface area contributed by atoms with E-state index in [1.807, 2.05) is 43.1 Å². The molecule has 0 saturated carbocycles. The Hall–Kier alpha value is -2.22. The minimum absolute atomic E-state index is 0.0337. The lowest BCUT2D eigenvalue weighted by Gasteiger charge is -2.17. The monoisotopic (exact) mass is 347 g/mol. The van der Waals surface area contributed by atoms with Gasteiger partial charge < -0.3 is 5.32 Å². The van der Waals surface area contributed by atoms with E-state index in [2.05, 4.69) is 5.32 Å². The first-order chi connectivity index (χ1) is 11.3. The Morgan fingerprint density at radius 2 is 1.88 bits per heavy atom. The number of sulfonamides is 1. The Balaban J connectivity index is 1.97. The molecule has 0 unspecified atom stereocenters. The molecule has 7 heteroatoms. The number of aryl methyl sites for hydroxylation is 1. The molecule has 0 fully saturated rings. The summed E-state index contributed by atoms with van der Waals surface area (Å²) in [6.45, 7) is 2.87. The van der Waals surface area contributed by atoms with Crippen molar-refractivity contribution < 1.29 is 13.2 Å². The van der Waals surface area contributed by atoms with Crippen LogP contribution in [0.2, 0.25) is 0 Å². The summed E-state index contributed by atoms with van der Waals surface area (Å²) >= 11 is 0. The van der Waals surface area contributed by atoms with Gasteiger partial charge in [-0.25, -0.2) is 13.6 Å². The molecule has 0 heterocycles. The van der Waals surface area contributed by atoms with Crippen LogP contribution in [0.25, 0.3) is 0 Å². The average Bonchev–Trinajstić information content (AvgIpc) is 2.49. The molecular weight excluding hydrogens is 326 g/mol. The van der Waals surface area contributed by atoms with E-state index in [1.165, 1.54) is 23.8 Å². The lowest BCUT2D eigenvalue weighted by molar-refractivity contribution is -0.117. The zero-order chi connectivity index (χ0) is 17.7. The van der Waals surface area contributed by atoms with Gasteiger partial charge in [-0.3, -0.25) is 9.69 Å². The Morgan fingerprint density at radius 3 is 2.54 bits per heavy atom. The first-order valence-corrected chi connectivity index (χ1v) is 8.96. The summed E-state index contributed by atoms with van der Waals surface area (Å²) in [7, 11) is -1.94. The van der Waals surface area contributed by atoms with E-state index < -0.39 is 10.0 Å². The fraction of sp³-hybridized carbons (Fsp3) is 0.235. The van der Waals surface area contributed by atoms with Crippen molar-refractivity contribution in [2.75, 3.05) is 18.9 Å². The van der Waals surface area contributed by atoms with E-state index in [0.29, 0.717) is 12.2 Å². The van der Waals surface area contributed by atoms with Crippen LogP contribution in [0.5, 0.6) is 0 Å². The number of carbonyl (C=O) groups is 1. The summed E-state index contributed by atoms with van der Waals surface area (Å²) in [6.07, 6.45) is 0. The number of nitrogens with two attached hydrogens (primary N) is 1. The van der Waals surface area contributed by atoms with Gasteiger partial charge in [0.2, 0.25) is 15.9 Å². The van der Waals surface area contributed by atoms with Crippen LogP contribution in [0.15, 0.2) is 53.4 Å². The second-order valence-corrected chi connectivity index (χ2v) is 7.28. The molecule has 0 bridgehead atoms. The van der Waals surface area contributed by atoms with Crippen LogP contribution in [-0.2, 0) is 21.4 Å². The number of nitrogens with zero attached hydrogens (tertiary/aromatic N) is 1. The number of benzene rings is 2. The van der Waals surface area contributed by atoms with E-state index in [1.54, 1.807) is 6.07 Å². The number of likely N-dealkylation sites (N-methyl/N-ethyl adjacent to an activating group) is 1. The van der Waals surface area contributed by atoms with E-state index in [0.717, 1.165) is 5.56 Å². The molecule has 1 amide bonds. The van der Waals surface area contributed by atoms with Gasteiger partial charge in [0.05, 0.1) is 11.4 Å². The number of nitrogens with one attached hydrogen (secondary N) is 1. The Labute approximate surface area is 142 Å². The largest absolute Gasteiger partial charge is 0.325 e. The average molecular weight is 347 g/mol. The summed E-state index contributed by atoms with van der Waals surface area (Å²) in [5, 5.41) is 7.77. The fourth-order valence-electron chi connectivity index (χ4n) is 2.33. The zero-order valence-corrected chi connectivity index (χ0v) is 14.5. The Morgan fingerprint density at radius 1 is 1.17 bits per heavy atom. The minimum atomic E-state index is -3.79. The van der Waals surface area contributed by atoms with E-state index in [9.17, 15) is 13.2 Å². The van der Waals surface area contributed by atoms with E-state index in [4.69, 9.17) is 5.14 Å². The molecule has 0 aromatic heterocycles. The smallest absolute Gasteiger partial charge is 0.238 e. The maximum Gasteiger partial charge on any atom is 0.238 e. The second-order valence-electron chi connectivity index (χ2n) is 5.72. The lowest BCUT2D eigenvalue weighted by atomic mass is 10.1. The molecule has 6 nitrogen and oxygen atoms in total. The molecular formula is C17H21N3O3S. The highest BCUT2D eigenvalue weighted by atomic mass is 32.2. The van der Waals surface area contributed by atoms with Gasteiger partial charge in [-0.15, -0.1) is 0 Å². The summed E-state index contributed by atoms with van der Waals surface area (Å²) < 4.78 is 22.7. The number of hydrogen-bond donors (Lipinski definition) is 2. The van der Waals surface area contributed by atoms with Crippen molar-refractivity contribution in [2.24, 2.45) is 5.14 Å². The van der Waals surface area contributed by atoms with Crippen LogP contribution >= 0.6 is 0 Å². The molecule has 2 rings (SSSR count). The van der Waals surface area contributed by atoms with Crippen molar-refractivity contribution in [2.45, 2.75) is 18.4 Å². The Bertz CT molecular complexity index is 834. The van der Waals surface area contributed by atoms with Crippen LogP contribution < -0.4 is 10.5 Å². The third kappa shape index (κ3) is 5.16. The van der Waals surface area contributed by atoms with Crippen LogP contribution in [0.4, 0.5) is 5.69 Å². The zero-order valence-electron chi connectivity index (χ0n) is 13.7.